The summed E-state index contributed by atoms with van der Waals surface area (Å²) in [6.45, 7) is 0. The van der Waals surface area contributed by atoms with Crippen LogP contribution in [0.4, 0.5) is 0 Å². The smallest absolute Gasteiger partial charge is 0.261 e. The number of carbonyl (C=O) groups is 3. The van der Waals surface area contributed by atoms with Gasteiger partial charge < -0.3 is 33.5 Å². The number of phenols is 1. The van der Waals surface area contributed by atoms with Crippen molar-refractivity contribution in [3.63, 3.8) is 0 Å². The van der Waals surface area contributed by atoms with Gasteiger partial charge in [-0.3, -0.25) is 24.2 Å². The van der Waals surface area contributed by atoms with Crippen LogP contribution in [0.25, 0.3) is 0 Å². The summed E-state index contributed by atoms with van der Waals surface area (Å²) in [4.78, 5) is 43.3. The number of alkyl halides is 2. The molecular weight excluding hydrogens is 748 g/mol. The zero-order valence-electron chi connectivity index (χ0n) is 27.1. The highest BCUT2D eigenvalue weighted by Crippen LogP contribution is 2.42. The fourth-order valence-corrected chi connectivity index (χ4v) is 4.50. The zero-order chi connectivity index (χ0) is 35.2. The third kappa shape index (κ3) is 12.9. The van der Waals surface area contributed by atoms with Gasteiger partial charge in [-0.2, -0.15) is 0 Å². The van der Waals surface area contributed by atoms with Crippen molar-refractivity contribution >= 4 is 50.7 Å². The first-order valence-electron chi connectivity index (χ1n) is 14.0. The van der Waals surface area contributed by atoms with Crippen LogP contribution in [0.1, 0.15) is 56.8 Å². The lowest BCUT2D eigenvalue weighted by Gasteiger charge is -2.16. The fourth-order valence-electron chi connectivity index (χ4n) is 3.71. The average Bonchev–Trinajstić information content (AvgIpc) is 3.12. The van der Waals surface area contributed by atoms with Gasteiger partial charge in [0.25, 0.3) is 11.5 Å². The van der Waals surface area contributed by atoms with Crippen LogP contribution in [0.3, 0.4) is 0 Å². The molecule has 1 N–H and O–H groups in total. The summed E-state index contributed by atoms with van der Waals surface area (Å²) in [5.74, 6) is 1.50. The largest absolute Gasteiger partial charge is 0.502 e. The number of carbonyl (C=O) groups excluding carboxylic acids is 3. The van der Waals surface area contributed by atoms with Crippen LogP contribution in [0.2, 0.25) is 0 Å². The van der Waals surface area contributed by atoms with Crippen molar-refractivity contribution in [3.8, 4) is 51.7 Å². The van der Waals surface area contributed by atoms with Crippen LogP contribution >= 0.6 is 31.9 Å². The molecule has 0 atom stereocenters. The van der Waals surface area contributed by atoms with E-state index in [9.17, 15) is 19.5 Å². The molecule has 0 saturated carbocycles. The number of aromatic hydroxyl groups is 1. The Hall–Kier alpha value is -4.17. The molecule has 47 heavy (non-hydrogen) atoms. The third-order valence-electron chi connectivity index (χ3n) is 6.10. The van der Waals surface area contributed by atoms with Gasteiger partial charge in [0.2, 0.25) is 5.75 Å². The first-order chi connectivity index (χ1) is 22.7. The summed E-state index contributed by atoms with van der Waals surface area (Å²) in [7, 11) is 8.46. The van der Waals surface area contributed by atoms with Crippen LogP contribution in [-0.2, 0) is 0 Å². The van der Waals surface area contributed by atoms with Gasteiger partial charge in [-0.05, 0) is 49.2 Å². The number of halogens is 2. The molecule has 0 fully saturated rings. The summed E-state index contributed by atoms with van der Waals surface area (Å²) in [6, 6.07) is 8.75. The van der Waals surface area contributed by atoms with Crippen LogP contribution in [0, 0.1) is 0 Å². The Morgan fingerprint density at radius 2 is 0.745 bits per heavy atom. The number of benzene rings is 3. The quantitative estimate of drug-likeness (QED) is 0.0483. The third-order valence-corrected chi connectivity index (χ3v) is 7.22. The summed E-state index contributed by atoms with van der Waals surface area (Å²) >= 11 is 6.78. The molecule has 0 unspecified atom stereocenters. The first kappa shape index (κ1) is 40.9. The molecular formula is C33H40Br2O12. The first-order valence-corrected chi connectivity index (χ1v) is 16.3. The minimum absolute atomic E-state index is 0.101. The van der Waals surface area contributed by atoms with Gasteiger partial charge in [-0.1, -0.05) is 44.7 Å². The van der Waals surface area contributed by atoms with Crippen molar-refractivity contribution in [1.82, 2.24) is 0 Å². The van der Waals surface area contributed by atoms with E-state index in [4.69, 9.17) is 38.2 Å². The zero-order valence-corrected chi connectivity index (χ0v) is 30.3. The molecule has 0 bridgehead atoms. The van der Waals surface area contributed by atoms with E-state index >= 15 is 0 Å². The monoisotopic (exact) mass is 786 g/mol. The molecule has 0 spiro atoms. The highest BCUT2D eigenvalue weighted by molar-refractivity contribution is 9.09. The molecule has 3 rings (SSSR count). The minimum atomic E-state index is -0.101. The lowest BCUT2D eigenvalue weighted by Crippen LogP contribution is -2.07. The molecule has 0 saturated heterocycles. The molecule has 258 valence electrons. The lowest BCUT2D eigenvalue weighted by molar-refractivity contribution is -0.106. The maximum Gasteiger partial charge on any atom is 0.261 e. The van der Waals surface area contributed by atoms with Gasteiger partial charge in [-0.15, -0.1) is 0 Å². The van der Waals surface area contributed by atoms with E-state index in [2.05, 4.69) is 31.9 Å². The summed E-state index contributed by atoms with van der Waals surface area (Å²) in [5.41, 5.74) is 1.08. The van der Waals surface area contributed by atoms with E-state index in [1.807, 2.05) is 0 Å². The predicted octanol–water partition coefficient (Wildman–Crippen LogP) is 7.28. The maximum atomic E-state index is 11.0. The van der Waals surface area contributed by atoms with Gasteiger partial charge in [0.15, 0.2) is 34.5 Å². The van der Waals surface area contributed by atoms with E-state index in [0.717, 1.165) is 10.7 Å². The Kier molecular flexibility index (Phi) is 20.2. The fraction of sp³-hybridized carbons (Fsp3) is 0.364. The molecule has 0 amide bonds. The Labute approximate surface area is 291 Å². The molecule has 0 aliphatic carbocycles. The van der Waals surface area contributed by atoms with Crippen LogP contribution < -0.4 is 38.2 Å². The highest BCUT2D eigenvalue weighted by atomic mass is 79.9. The molecule has 0 aromatic heterocycles. The molecule has 3 aromatic carbocycles. The van der Waals surface area contributed by atoms with E-state index < -0.39 is 0 Å². The SMILES string of the molecule is BrCCCCCCBr.COc1cc(C=O)cc(OC)c1O.COc1cc(C=O)cc(OC)c1OOc1c(OC)cc(C=O)cc1OC. The van der Waals surface area contributed by atoms with Crippen molar-refractivity contribution in [2.75, 3.05) is 53.3 Å². The second-order valence-corrected chi connectivity index (χ2v) is 10.7. The van der Waals surface area contributed by atoms with Crippen LogP contribution in [0.5, 0.6) is 51.7 Å². The number of hydrogen-bond donors (Lipinski definition) is 1. The number of unbranched alkanes of at least 4 members (excludes halogenated alkanes) is 3. The summed E-state index contributed by atoms with van der Waals surface area (Å²) in [6.07, 6.45) is 7.36. The molecule has 14 heteroatoms. The standard InChI is InChI=1S/C18H18O8.C9H10O4.C6H12Br2/c1-21-13-5-11(9-19)6-14(22-2)17(13)25-26-18-15(23-3)7-12(10-20)8-16(18)24-4;1-12-7-3-6(5-10)4-8(13-2)9(7)11;7-5-3-1-2-4-6-8/h5-10H,1-4H3;3-5,11H,1-2H3;1-6H2. The molecule has 12 nitrogen and oxygen atoms in total. The molecule has 0 heterocycles. The molecule has 3 aromatic rings. The number of methoxy groups -OCH3 is 6. The number of ether oxygens (including phenoxy) is 6. The predicted molar refractivity (Wildman–Crippen MR) is 184 cm³/mol. The Morgan fingerprint density at radius 1 is 0.489 bits per heavy atom. The van der Waals surface area contributed by atoms with Crippen molar-refractivity contribution in [2.24, 2.45) is 0 Å². The Morgan fingerprint density at radius 3 is 0.957 bits per heavy atom. The highest BCUT2D eigenvalue weighted by Gasteiger charge is 2.20. The molecule has 0 aliphatic heterocycles. The minimum Gasteiger partial charge on any atom is -0.502 e. The average molecular weight is 788 g/mol. The maximum absolute atomic E-state index is 11.0. The van der Waals surface area contributed by atoms with Crippen molar-refractivity contribution in [3.05, 3.63) is 53.1 Å². The van der Waals surface area contributed by atoms with Crippen molar-refractivity contribution < 1.29 is 57.7 Å². The second kappa shape index (κ2) is 23.2. The van der Waals surface area contributed by atoms with E-state index in [1.165, 1.54) is 105 Å². The number of aldehydes is 3. The van der Waals surface area contributed by atoms with Crippen LogP contribution in [0.15, 0.2) is 36.4 Å². The second-order valence-electron chi connectivity index (χ2n) is 9.10. The normalized spacial score (nSPS) is 9.70. The Balaban J connectivity index is 0.000000434. The number of hydrogen-bond acceptors (Lipinski definition) is 12. The van der Waals surface area contributed by atoms with Gasteiger partial charge in [-0.25, -0.2) is 0 Å². The lowest BCUT2D eigenvalue weighted by atomic mass is 10.2. The Bertz CT molecular complexity index is 1270. The molecule has 0 aliphatic rings. The van der Waals surface area contributed by atoms with Gasteiger partial charge in [0.1, 0.15) is 18.9 Å². The number of phenolic OH excluding ortho intramolecular Hbond substituents is 1. The van der Waals surface area contributed by atoms with Gasteiger partial charge >= 0.3 is 0 Å². The van der Waals surface area contributed by atoms with E-state index in [1.54, 1.807) is 0 Å². The number of rotatable bonds is 17. The van der Waals surface area contributed by atoms with Gasteiger partial charge in [0.05, 0.1) is 42.7 Å². The van der Waals surface area contributed by atoms with Crippen molar-refractivity contribution in [1.29, 1.82) is 0 Å². The van der Waals surface area contributed by atoms with E-state index in [0.29, 0.717) is 35.5 Å². The summed E-state index contributed by atoms with van der Waals surface area (Å²) in [5, 5.41) is 11.8. The van der Waals surface area contributed by atoms with Crippen LogP contribution in [-0.4, -0.2) is 77.3 Å². The molecule has 0 radical (unpaired) electrons. The van der Waals surface area contributed by atoms with Gasteiger partial charge in [0, 0.05) is 27.4 Å². The van der Waals surface area contributed by atoms with E-state index in [-0.39, 0.29) is 51.7 Å². The summed E-state index contributed by atoms with van der Waals surface area (Å²) < 4.78 is 30.5. The topological polar surface area (TPSA) is 145 Å². The van der Waals surface area contributed by atoms with Crippen molar-refractivity contribution in [2.45, 2.75) is 25.7 Å².